The maximum absolute atomic E-state index is 12.5. The van der Waals surface area contributed by atoms with Crippen LogP contribution in [0.3, 0.4) is 0 Å². The first kappa shape index (κ1) is 23.5. The molecule has 0 saturated carbocycles. The number of halogens is 1. The molecule has 0 aliphatic carbocycles. The van der Waals surface area contributed by atoms with Crippen LogP contribution in [0.5, 0.6) is 0 Å². The molecule has 114 valence electrons. The van der Waals surface area contributed by atoms with Gasteiger partial charge in [-0.1, -0.05) is 60.6 Å². The van der Waals surface area contributed by atoms with Crippen molar-refractivity contribution in [3.63, 3.8) is 0 Å². The van der Waals surface area contributed by atoms with Gasteiger partial charge in [0.1, 0.15) is 5.82 Å². The lowest BCUT2D eigenvalue weighted by atomic mass is 9.97. The molecule has 0 aromatic heterocycles. The molecule has 19 heavy (non-hydrogen) atoms. The fourth-order valence-electron chi connectivity index (χ4n) is 1.39. The van der Waals surface area contributed by atoms with Crippen LogP contribution in [0.15, 0.2) is 24.3 Å². The first-order valence-corrected chi connectivity index (χ1v) is 6.66. The summed E-state index contributed by atoms with van der Waals surface area (Å²) in [5, 5.41) is 0. The quantitative estimate of drug-likeness (QED) is 0.737. The Bertz CT molecular complexity index is 298. The average molecular weight is 290 g/mol. The predicted molar refractivity (Wildman–Crippen MR) is 88.8 cm³/mol. The molecule has 1 rings (SSSR count). The van der Waals surface area contributed by atoms with Gasteiger partial charge in [-0.15, -0.1) is 0 Å². The van der Waals surface area contributed by atoms with Gasteiger partial charge in [0, 0.05) is 4.75 Å². The third kappa shape index (κ3) is 15.4. The van der Waals surface area contributed by atoms with Crippen molar-refractivity contribution in [2.75, 3.05) is 0 Å². The van der Waals surface area contributed by atoms with E-state index in [-0.39, 0.29) is 23.5 Å². The standard InChI is InChI=1S/C11H15F.C4H10S.CH4.H2O/c1-3-4-9(2)10-5-7-11(12)8-6-10;1-4(2,3)5;;/h5-9H,3-4H2,1-2H3;5H,1-3H3;1H4;1H2. The van der Waals surface area contributed by atoms with Crippen LogP contribution in [0.2, 0.25) is 0 Å². The number of hydrogen-bond acceptors (Lipinski definition) is 1. The summed E-state index contributed by atoms with van der Waals surface area (Å²) in [5.41, 5.74) is 1.23. The van der Waals surface area contributed by atoms with Crippen molar-refractivity contribution in [3.8, 4) is 0 Å². The molecule has 0 fully saturated rings. The highest BCUT2D eigenvalue weighted by molar-refractivity contribution is 7.81. The molecule has 1 atom stereocenters. The highest BCUT2D eigenvalue weighted by Crippen LogP contribution is 2.20. The van der Waals surface area contributed by atoms with Crippen molar-refractivity contribution in [2.45, 2.75) is 65.6 Å². The van der Waals surface area contributed by atoms with Gasteiger partial charge in [0.05, 0.1) is 0 Å². The van der Waals surface area contributed by atoms with E-state index in [2.05, 4.69) is 47.2 Å². The highest BCUT2D eigenvalue weighted by Gasteiger charge is 2.03. The molecule has 1 aromatic carbocycles. The van der Waals surface area contributed by atoms with Gasteiger partial charge in [-0.2, -0.15) is 12.6 Å². The van der Waals surface area contributed by atoms with Crippen LogP contribution in [0, 0.1) is 5.82 Å². The van der Waals surface area contributed by atoms with Crippen LogP contribution in [0.1, 0.15) is 66.4 Å². The smallest absolute Gasteiger partial charge is 0.123 e. The van der Waals surface area contributed by atoms with Crippen molar-refractivity contribution in [3.05, 3.63) is 35.6 Å². The maximum atomic E-state index is 12.5. The summed E-state index contributed by atoms with van der Waals surface area (Å²) in [6, 6.07) is 6.80. The lowest BCUT2D eigenvalue weighted by Gasteiger charge is -2.09. The first-order chi connectivity index (χ1) is 7.74. The number of hydrogen-bond donors (Lipinski definition) is 1. The van der Waals surface area contributed by atoms with E-state index in [0.717, 1.165) is 0 Å². The van der Waals surface area contributed by atoms with Gasteiger partial charge in [0.15, 0.2) is 0 Å². The van der Waals surface area contributed by atoms with Crippen LogP contribution in [0.4, 0.5) is 4.39 Å². The first-order valence-electron chi connectivity index (χ1n) is 6.22. The summed E-state index contributed by atoms with van der Waals surface area (Å²) >= 11 is 4.12. The molecular weight excluding hydrogens is 259 g/mol. The van der Waals surface area contributed by atoms with Crippen molar-refractivity contribution in [1.29, 1.82) is 0 Å². The number of benzene rings is 1. The molecule has 0 heterocycles. The lowest BCUT2D eigenvalue weighted by Crippen LogP contribution is -1.99. The second kappa shape index (κ2) is 11.3. The Kier molecular flexibility index (Phi) is 14.0. The van der Waals surface area contributed by atoms with Gasteiger partial charge in [0.2, 0.25) is 0 Å². The van der Waals surface area contributed by atoms with Crippen LogP contribution >= 0.6 is 12.6 Å². The summed E-state index contributed by atoms with van der Waals surface area (Å²) in [6.45, 7) is 10.5. The molecular formula is C16H31FOS. The highest BCUT2D eigenvalue weighted by atomic mass is 32.1. The molecule has 0 saturated heterocycles. The van der Waals surface area contributed by atoms with E-state index in [1.165, 1.54) is 30.5 Å². The summed E-state index contributed by atoms with van der Waals surface area (Å²) in [6.07, 6.45) is 2.35. The van der Waals surface area contributed by atoms with Gasteiger partial charge in [-0.3, -0.25) is 0 Å². The second-order valence-electron chi connectivity index (χ2n) is 5.41. The molecule has 1 nitrogen and oxygen atoms in total. The Morgan fingerprint density at radius 3 is 1.84 bits per heavy atom. The van der Waals surface area contributed by atoms with Gasteiger partial charge in [0.25, 0.3) is 0 Å². The largest absolute Gasteiger partial charge is 0.412 e. The summed E-state index contributed by atoms with van der Waals surface area (Å²) in [4.78, 5) is 0. The zero-order valence-corrected chi connectivity index (χ0v) is 13.0. The van der Waals surface area contributed by atoms with E-state index >= 15 is 0 Å². The van der Waals surface area contributed by atoms with E-state index in [9.17, 15) is 4.39 Å². The monoisotopic (exact) mass is 290 g/mol. The van der Waals surface area contributed by atoms with E-state index in [4.69, 9.17) is 0 Å². The Morgan fingerprint density at radius 1 is 1.16 bits per heavy atom. The summed E-state index contributed by atoms with van der Waals surface area (Å²) in [5.74, 6) is 0.401. The minimum atomic E-state index is -0.151. The van der Waals surface area contributed by atoms with Crippen LogP contribution in [0.25, 0.3) is 0 Å². The fraction of sp³-hybridized carbons (Fsp3) is 0.625. The lowest BCUT2D eigenvalue weighted by molar-refractivity contribution is 0.621. The summed E-state index contributed by atoms with van der Waals surface area (Å²) < 4.78 is 12.7. The fourth-order valence-corrected chi connectivity index (χ4v) is 1.39. The maximum Gasteiger partial charge on any atom is 0.123 e. The van der Waals surface area contributed by atoms with E-state index in [1.54, 1.807) is 0 Å². The van der Waals surface area contributed by atoms with Crippen LogP contribution in [-0.4, -0.2) is 10.2 Å². The molecule has 0 radical (unpaired) electrons. The van der Waals surface area contributed by atoms with Crippen molar-refractivity contribution in [1.82, 2.24) is 0 Å². The molecule has 2 N–H and O–H groups in total. The van der Waals surface area contributed by atoms with Crippen LogP contribution in [-0.2, 0) is 0 Å². The zero-order chi connectivity index (χ0) is 13.5. The molecule has 0 amide bonds. The Hall–Kier alpha value is -0.540. The van der Waals surface area contributed by atoms with Gasteiger partial charge >= 0.3 is 0 Å². The number of rotatable bonds is 3. The van der Waals surface area contributed by atoms with Crippen LogP contribution < -0.4 is 0 Å². The molecule has 1 aromatic rings. The van der Waals surface area contributed by atoms with E-state index < -0.39 is 0 Å². The topological polar surface area (TPSA) is 31.5 Å². The van der Waals surface area contributed by atoms with Crippen molar-refractivity contribution in [2.24, 2.45) is 0 Å². The zero-order valence-electron chi connectivity index (χ0n) is 12.1. The molecule has 0 aliphatic heterocycles. The molecule has 0 spiro atoms. The second-order valence-corrected chi connectivity index (χ2v) is 6.75. The van der Waals surface area contributed by atoms with E-state index in [0.29, 0.717) is 5.92 Å². The predicted octanol–water partition coefficient (Wildman–Crippen LogP) is 5.26. The Morgan fingerprint density at radius 2 is 1.53 bits per heavy atom. The Labute approximate surface area is 124 Å². The summed E-state index contributed by atoms with van der Waals surface area (Å²) in [7, 11) is 0. The third-order valence-electron chi connectivity index (χ3n) is 2.16. The van der Waals surface area contributed by atoms with Crippen molar-refractivity contribution < 1.29 is 9.87 Å². The Balaban J connectivity index is -0.000000320. The van der Waals surface area contributed by atoms with E-state index in [1.807, 2.05) is 12.1 Å². The normalized spacial score (nSPS) is 11.3. The molecule has 3 heteroatoms. The minimum Gasteiger partial charge on any atom is -0.412 e. The molecule has 1 unspecified atom stereocenters. The number of thiol groups is 1. The van der Waals surface area contributed by atoms with Gasteiger partial charge in [-0.25, -0.2) is 4.39 Å². The molecule has 0 bridgehead atoms. The third-order valence-corrected chi connectivity index (χ3v) is 2.16. The van der Waals surface area contributed by atoms with Gasteiger partial charge < -0.3 is 5.48 Å². The van der Waals surface area contributed by atoms with Crippen molar-refractivity contribution >= 4 is 12.6 Å². The minimum absolute atomic E-state index is 0. The SMILES string of the molecule is C.CC(C)(C)S.CCCC(C)c1ccc(F)cc1.O. The van der Waals surface area contributed by atoms with Gasteiger partial charge in [-0.05, 0) is 30.0 Å². The average Bonchev–Trinajstić information content (AvgIpc) is 2.16. The molecule has 0 aliphatic rings.